The van der Waals surface area contributed by atoms with Gasteiger partial charge in [-0.05, 0) is 99.7 Å². The van der Waals surface area contributed by atoms with Crippen LogP contribution in [0.3, 0.4) is 0 Å². The van der Waals surface area contributed by atoms with Crippen molar-refractivity contribution in [3.63, 3.8) is 0 Å². The normalized spacial score (nSPS) is 50.1. The highest BCUT2D eigenvalue weighted by Crippen LogP contribution is 2.75. The lowest BCUT2D eigenvalue weighted by molar-refractivity contribution is -0.239. The zero-order valence-corrected chi connectivity index (χ0v) is 25.1. The molecular weight excluding hydrogens is 480 g/mol. The van der Waals surface area contributed by atoms with Crippen LogP contribution in [0.5, 0.6) is 0 Å². The summed E-state index contributed by atoms with van der Waals surface area (Å²) < 4.78 is 6.86. The third kappa shape index (κ3) is 3.27. The molecule has 6 rings (SSSR count). The highest BCUT2D eigenvalue weighted by molar-refractivity contribution is 7.15. The van der Waals surface area contributed by atoms with Crippen LogP contribution in [0.1, 0.15) is 111 Å². The predicted molar refractivity (Wildman–Crippen MR) is 148 cm³/mol. The second kappa shape index (κ2) is 7.60. The van der Waals surface area contributed by atoms with Crippen LogP contribution in [-0.4, -0.2) is 33.2 Å². The van der Waals surface area contributed by atoms with Gasteiger partial charge in [0.05, 0.1) is 23.0 Å². The molecule has 4 fully saturated rings. The molecule has 3 N–H and O–H groups in total. The zero-order chi connectivity index (χ0) is 27.0. The molecule has 1 aliphatic heterocycles. The van der Waals surface area contributed by atoms with Crippen molar-refractivity contribution in [2.75, 3.05) is 5.73 Å². The molecule has 6 heteroatoms. The molecule has 0 unspecified atom stereocenters. The minimum absolute atomic E-state index is 0.100. The van der Waals surface area contributed by atoms with Crippen LogP contribution in [-0.2, 0) is 21.4 Å². The molecule has 0 aromatic carbocycles. The number of ketones is 1. The number of aromatic nitrogens is 1. The summed E-state index contributed by atoms with van der Waals surface area (Å²) in [6.45, 7) is 18.3. The van der Waals surface area contributed by atoms with Gasteiger partial charge < -0.3 is 15.6 Å². The average Bonchev–Trinajstić information content (AvgIpc) is 3.30. The van der Waals surface area contributed by atoms with Crippen molar-refractivity contribution in [3.8, 4) is 0 Å². The summed E-state index contributed by atoms with van der Waals surface area (Å²) in [4.78, 5) is 20.3. The molecule has 0 bridgehead atoms. The molecule has 5 nitrogen and oxygen atoms in total. The van der Waals surface area contributed by atoms with Gasteiger partial charge in [-0.15, -0.1) is 11.3 Å². The molecule has 206 valence electrons. The Morgan fingerprint density at radius 3 is 2.38 bits per heavy atom. The van der Waals surface area contributed by atoms with Gasteiger partial charge in [-0.3, -0.25) is 4.79 Å². The van der Waals surface area contributed by atoms with Crippen molar-refractivity contribution >= 4 is 22.3 Å². The summed E-state index contributed by atoms with van der Waals surface area (Å²) in [5, 5.41) is 12.7. The summed E-state index contributed by atoms with van der Waals surface area (Å²) in [6, 6.07) is 0. The summed E-state index contributed by atoms with van der Waals surface area (Å²) >= 11 is 1.60. The van der Waals surface area contributed by atoms with E-state index in [0.717, 1.165) is 44.2 Å². The number of hydrogen-bond donors (Lipinski definition) is 2. The van der Waals surface area contributed by atoms with E-state index in [9.17, 15) is 9.90 Å². The van der Waals surface area contributed by atoms with Crippen molar-refractivity contribution < 1.29 is 14.6 Å². The summed E-state index contributed by atoms with van der Waals surface area (Å²) in [5.41, 5.74) is 6.05. The van der Waals surface area contributed by atoms with E-state index in [1.54, 1.807) is 11.3 Å². The van der Waals surface area contributed by atoms with Gasteiger partial charge in [0.2, 0.25) is 0 Å². The maximum absolute atomic E-state index is 14.3. The molecule has 5 aliphatic rings. The second-order valence-electron chi connectivity index (χ2n) is 15.7. The van der Waals surface area contributed by atoms with Crippen molar-refractivity contribution in [1.29, 1.82) is 0 Å². The topological polar surface area (TPSA) is 85.4 Å². The highest BCUT2D eigenvalue weighted by Gasteiger charge is 2.73. The Morgan fingerprint density at radius 2 is 1.70 bits per heavy atom. The largest absolute Gasteiger partial charge is 0.393 e. The SMILES string of the molecule is CC1(C)CCC[C@](C)([C@H]2CC[C@]3(C)[C@@H]2[C@H](O)C[C@@H]2[C@@]4(C)Cc5sc(N)nc5C(C)(C)[C@@H]4C(=O)C[C@]23C)O1. The number of rotatable bonds is 1. The third-order valence-electron chi connectivity index (χ3n) is 12.8. The standard InChI is InChI=1S/C31H48N2O3S/c1-26(2)11-9-12-31(8,36-26)17-10-13-29(6)22(17)18(34)14-21-28(5)16-20-24(33-25(32)37-20)27(3,4)23(28)19(35)15-30(21,29)7/h17-18,21-23,34H,9-16H2,1-8H3,(H2,32,33)/t17-,18+,21+,22-,23-,28+,29+,30+,31+/m0/s1. The number of fused-ring (bicyclic) bond motifs is 6. The smallest absolute Gasteiger partial charge is 0.180 e. The molecular formula is C31H48N2O3S. The first-order valence-corrected chi connectivity index (χ1v) is 15.5. The van der Waals surface area contributed by atoms with Crippen LogP contribution in [0, 0.1) is 39.9 Å². The van der Waals surface area contributed by atoms with E-state index in [1.807, 2.05) is 0 Å². The highest BCUT2D eigenvalue weighted by atomic mass is 32.1. The molecule has 1 aromatic rings. The maximum Gasteiger partial charge on any atom is 0.180 e. The molecule has 37 heavy (non-hydrogen) atoms. The van der Waals surface area contributed by atoms with Gasteiger partial charge in [0.25, 0.3) is 0 Å². The summed E-state index contributed by atoms with van der Waals surface area (Å²) in [6.07, 6.45) is 7.29. The number of thiazole rings is 1. The van der Waals surface area contributed by atoms with Crippen molar-refractivity contribution in [3.05, 3.63) is 10.6 Å². The minimum Gasteiger partial charge on any atom is -0.393 e. The van der Waals surface area contributed by atoms with Crippen LogP contribution >= 0.6 is 11.3 Å². The summed E-state index contributed by atoms with van der Waals surface area (Å²) in [5.74, 6) is 1.04. The fourth-order valence-corrected chi connectivity index (χ4v) is 12.7. The number of Topliss-reactive ketones (excluding diaryl/α,β-unsaturated/α-hetero) is 1. The number of anilines is 1. The molecule has 1 aromatic heterocycles. The number of nitrogens with zero attached hydrogens (tertiary/aromatic N) is 1. The summed E-state index contributed by atoms with van der Waals surface area (Å²) in [7, 11) is 0. The molecule has 2 heterocycles. The Bertz CT molecular complexity index is 1140. The number of aliphatic hydroxyl groups is 1. The first-order valence-electron chi connectivity index (χ1n) is 14.7. The van der Waals surface area contributed by atoms with Gasteiger partial charge in [-0.2, -0.15) is 0 Å². The van der Waals surface area contributed by atoms with E-state index in [0.29, 0.717) is 23.3 Å². The van der Waals surface area contributed by atoms with Crippen LogP contribution < -0.4 is 5.73 Å². The molecule has 4 aliphatic carbocycles. The molecule has 0 spiro atoms. The number of hydrogen-bond acceptors (Lipinski definition) is 6. The number of carbonyl (C=O) groups is 1. The Balaban J connectivity index is 1.43. The fraction of sp³-hybridized carbons (Fsp3) is 0.871. The van der Waals surface area contributed by atoms with E-state index in [-0.39, 0.29) is 56.7 Å². The van der Waals surface area contributed by atoms with E-state index < -0.39 is 0 Å². The van der Waals surface area contributed by atoms with Gasteiger partial charge in [-0.1, -0.05) is 34.6 Å². The van der Waals surface area contributed by atoms with Crippen LogP contribution in [0.4, 0.5) is 5.13 Å². The lowest BCUT2D eigenvalue weighted by atomic mass is 9.35. The monoisotopic (exact) mass is 528 g/mol. The minimum atomic E-state index is -0.372. The number of aliphatic hydroxyl groups excluding tert-OH is 1. The second-order valence-corrected chi connectivity index (χ2v) is 16.8. The van der Waals surface area contributed by atoms with Gasteiger partial charge in [0.15, 0.2) is 5.13 Å². The third-order valence-corrected chi connectivity index (χ3v) is 13.6. The predicted octanol–water partition coefficient (Wildman–Crippen LogP) is 6.31. The van der Waals surface area contributed by atoms with Gasteiger partial charge >= 0.3 is 0 Å². The van der Waals surface area contributed by atoms with Crippen LogP contribution in [0.25, 0.3) is 0 Å². The first kappa shape index (κ1) is 26.3. The Morgan fingerprint density at radius 1 is 1.00 bits per heavy atom. The zero-order valence-electron chi connectivity index (χ0n) is 24.2. The molecule has 9 atom stereocenters. The molecule has 1 saturated heterocycles. The number of carbonyl (C=O) groups excluding carboxylic acids is 1. The Hall–Kier alpha value is -0.980. The van der Waals surface area contributed by atoms with E-state index in [2.05, 4.69) is 55.4 Å². The fourth-order valence-electron chi connectivity index (χ4n) is 11.5. The van der Waals surface area contributed by atoms with Gasteiger partial charge in [0, 0.05) is 22.6 Å². The number of nitrogens with two attached hydrogens (primary N) is 1. The Labute approximate surface area is 227 Å². The number of nitrogen functional groups attached to an aromatic ring is 1. The van der Waals surface area contributed by atoms with Crippen molar-refractivity contribution in [2.45, 2.75) is 129 Å². The van der Waals surface area contributed by atoms with Crippen molar-refractivity contribution in [2.24, 2.45) is 39.9 Å². The van der Waals surface area contributed by atoms with Gasteiger partial charge in [-0.25, -0.2) is 4.98 Å². The maximum atomic E-state index is 14.3. The quantitative estimate of drug-likeness (QED) is 0.446. The molecule has 3 saturated carbocycles. The molecule has 0 radical (unpaired) electrons. The molecule has 0 amide bonds. The van der Waals surface area contributed by atoms with E-state index in [4.69, 9.17) is 15.5 Å². The van der Waals surface area contributed by atoms with Crippen LogP contribution in [0.15, 0.2) is 0 Å². The first-order chi connectivity index (χ1) is 17.0. The lowest BCUT2D eigenvalue weighted by Crippen LogP contribution is -2.68. The van der Waals surface area contributed by atoms with Crippen molar-refractivity contribution in [1.82, 2.24) is 4.98 Å². The van der Waals surface area contributed by atoms with Gasteiger partial charge in [0.1, 0.15) is 5.78 Å². The van der Waals surface area contributed by atoms with E-state index >= 15 is 0 Å². The lowest BCUT2D eigenvalue weighted by Gasteiger charge is -2.69. The number of ether oxygens (including phenoxy) is 1. The van der Waals surface area contributed by atoms with Crippen LogP contribution in [0.2, 0.25) is 0 Å². The average molecular weight is 529 g/mol. The Kier molecular flexibility index (Phi) is 5.39. The van der Waals surface area contributed by atoms with E-state index in [1.165, 1.54) is 11.3 Å².